The monoisotopic (exact) mass is 298 g/mol. The van der Waals surface area contributed by atoms with Crippen LogP contribution in [0, 0.1) is 0 Å². The summed E-state index contributed by atoms with van der Waals surface area (Å²) in [6.07, 6.45) is 5.02. The number of methoxy groups -OCH3 is 1. The third kappa shape index (κ3) is 4.97. The molecule has 116 valence electrons. The number of hydrogen-bond donors (Lipinski definition) is 1. The Hall–Kier alpha value is -2.20. The van der Waals surface area contributed by atoms with Crippen molar-refractivity contribution in [3.63, 3.8) is 0 Å². The first-order chi connectivity index (χ1) is 10.8. The molecule has 2 rings (SSSR count). The van der Waals surface area contributed by atoms with Crippen LogP contribution in [0.4, 0.5) is 0 Å². The highest BCUT2D eigenvalue weighted by atomic mass is 16.5. The maximum absolute atomic E-state index is 12.5. The topological polar surface area (TPSA) is 51.2 Å². The van der Waals surface area contributed by atoms with Crippen molar-refractivity contribution in [1.29, 1.82) is 0 Å². The van der Waals surface area contributed by atoms with Gasteiger partial charge in [0, 0.05) is 32.7 Å². The van der Waals surface area contributed by atoms with Gasteiger partial charge in [0.2, 0.25) is 5.91 Å². The van der Waals surface area contributed by atoms with Crippen molar-refractivity contribution in [1.82, 2.24) is 10.3 Å². The Kier molecular flexibility index (Phi) is 6.58. The molecule has 4 nitrogen and oxygen atoms in total. The Labute approximate surface area is 131 Å². The predicted octanol–water partition coefficient (Wildman–Crippen LogP) is 2.56. The van der Waals surface area contributed by atoms with Crippen LogP contribution in [0.3, 0.4) is 0 Å². The first-order valence-electron chi connectivity index (χ1n) is 7.51. The molecule has 0 saturated heterocycles. The maximum atomic E-state index is 12.5. The minimum Gasteiger partial charge on any atom is -0.385 e. The largest absolute Gasteiger partial charge is 0.385 e. The third-order valence-electron chi connectivity index (χ3n) is 3.51. The lowest BCUT2D eigenvalue weighted by Gasteiger charge is -2.17. The van der Waals surface area contributed by atoms with Gasteiger partial charge in [-0.05, 0) is 30.0 Å². The molecular weight excluding hydrogens is 276 g/mol. The van der Waals surface area contributed by atoms with Gasteiger partial charge in [-0.3, -0.25) is 9.78 Å². The van der Waals surface area contributed by atoms with Crippen molar-refractivity contribution < 1.29 is 9.53 Å². The van der Waals surface area contributed by atoms with E-state index >= 15 is 0 Å². The van der Waals surface area contributed by atoms with Gasteiger partial charge in [-0.2, -0.15) is 0 Å². The number of amides is 1. The van der Waals surface area contributed by atoms with E-state index in [1.54, 1.807) is 13.3 Å². The zero-order valence-corrected chi connectivity index (χ0v) is 12.9. The lowest BCUT2D eigenvalue weighted by atomic mass is 9.92. The lowest BCUT2D eigenvalue weighted by Crippen LogP contribution is -2.31. The van der Waals surface area contributed by atoms with Crippen molar-refractivity contribution in [3.8, 4) is 0 Å². The van der Waals surface area contributed by atoms with Gasteiger partial charge in [0.1, 0.15) is 0 Å². The quantitative estimate of drug-likeness (QED) is 0.762. The highest BCUT2D eigenvalue weighted by Gasteiger charge is 2.20. The zero-order chi connectivity index (χ0) is 15.6. The summed E-state index contributed by atoms with van der Waals surface area (Å²) in [6.45, 7) is 1.28. The Morgan fingerprint density at radius 2 is 2.05 bits per heavy atom. The van der Waals surface area contributed by atoms with Crippen LogP contribution in [0.2, 0.25) is 0 Å². The molecule has 0 aliphatic rings. The molecule has 4 heteroatoms. The predicted molar refractivity (Wildman–Crippen MR) is 86.6 cm³/mol. The summed E-state index contributed by atoms with van der Waals surface area (Å²) in [7, 11) is 1.66. The zero-order valence-electron chi connectivity index (χ0n) is 12.9. The van der Waals surface area contributed by atoms with Gasteiger partial charge < -0.3 is 10.1 Å². The number of nitrogens with one attached hydrogen (secondary N) is 1. The van der Waals surface area contributed by atoms with E-state index in [0.29, 0.717) is 19.6 Å². The SMILES string of the molecule is COCCCNC(=O)C(Cc1cccnc1)c1ccccc1. The van der Waals surface area contributed by atoms with E-state index in [1.165, 1.54) is 0 Å². The number of aromatic nitrogens is 1. The molecule has 0 saturated carbocycles. The van der Waals surface area contributed by atoms with Gasteiger partial charge in [0.05, 0.1) is 5.92 Å². The molecule has 1 amide bonds. The number of ether oxygens (including phenoxy) is 1. The Bertz CT molecular complexity index is 558. The van der Waals surface area contributed by atoms with Crippen molar-refractivity contribution >= 4 is 5.91 Å². The van der Waals surface area contributed by atoms with E-state index < -0.39 is 0 Å². The summed E-state index contributed by atoms with van der Waals surface area (Å²) < 4.78 is 5.00. The van der Waals surface area contributed by atoms with Crippen molar-refractivity contribution in [3.05, 3.63) is 66.0 Å². The number of pyridine rings is 1. The highest BCUT2D eigenvalue weighted by molar-refractivity contribution is 5.83. The van der Waals surface area contributed by atoms with E-state index in [0.717, 1.165) is 17.5 Å². The second-order valence-electron chi connectivity index (χ2n) is 5.17. The molecular formula is C18H22N2O2. The highest BCUT2D eigenvalue weighted by Crippen LogP contribution is 2.20. The van der Waals surface area contributed by atoms with Crippen LogP contribution in [0.25, 0.3) is 0 Å². The van der Waals surface area contributed by atoms with Crippen LogP contribution >= 0.6 is 0 Å². The van der Waals surface area contributed by atoms with Crippen LogP contribution in [-0.4, -0.2) is 31.2 Å². The summed E-state index contributed by atoms with van der Waals surface area (Å²) in [5.41, 5.74) is 2.08. The standard InChI is InChI=1S/C18H22N2O2/c1-22-12-6-11-20-18(21)17(16-8-3-2-4-9-16)13-15-7-5-10-19-14-15/h2-5,7-10,14,17H,6,11-13H2,1H3,(H,20,21). The van der Waals surface area contributed by atoms with E-state index in [4.69, 9.17) is 4.74 Å². The number of benzene rings is 1. The number of carbonyl (C=O) groups is 1. The molecule has 1 atom stereocenters. The van der Waals surface area contributed by atoms with Crippen molar-refractivity contribution in [2.45, 2.75) is 18.8 Å². The minimum absolute atomic E-state index is 0.0474. The third-order valence-corrected chi connectivity index (χ3v) is 3.51. The number of carbonyl (C=O) groups excluding carboxylic acids is 1. The van der Waals surface area contributed by atoms with Gasteiger partial charge >= 0.3 is 0 Å². The van der Waals surface area contributed by atoms with Crippen LogP contribution in [0.15, 0.2) is 54.9 Å². The first kappa shape index (κ1) is 16.2. The van der Waals surface area contributed by atoms with Gasteiger partial charge in [-0.1, -0.05) is 36.4 Å². The van der Waals surface area contributed by atoms with Crippen molar-refractivity contribution in [2.75, 3.05) is 20.3 Å². The summed E-state index contributed by atoms with van der Waals surface area (Å²) in [5.74, 6) is -0.154. The molecule has 0 fully saturated rings. The van der Waals surface area contributed by atoms with Crippen LogP contribution in [0.5, 0.6) is 0 Å². The fourth-order valence-electron chi connectivity index (χ4n) is 2.35. The van der Waals surface area contributed by atoms with E-state index in [2.05, 4.69) is 10.3 Å². The fraction of sp³-hybridized carbons (Fsp3) is 0.333. The summed E-state index contributed by atoms with van der Waals surface area (Å²) in [5, 5.41) is 3.00. The second-order valence-corrected chi connectivity index (χ2v) is 5.17. The average Bonchev–Trinajstić information content (AvgIpc) is 2.58. The second kappa shape index (κ2) is 8.95. The van der Waals surface area contributed by atoms with Crippen LogP contribution in [0.1, 0.15) is 23.5 Å². The molecule has 1 aromatic heterocycles. The summed E-state index contributed by atoms with van der Waals surface area (Å²) in [6, 6.07) is 13.8. The van der Waals surface area contributed by atoms with Gasteiger partial charge in [0.25, 0.3) is 0 Å². The molecule has 1 unspecified atom stereocenters. The fourth-order valence-corrected chi connectivity index (χ4v) is 2.35. The molecule has 0 spiro atoms. The molecule has 0 aliphatic carbocycles. The molecule has 1 aromatic carbocycles. The van der Waals surface area contributed by atoms with E-state index in [1.807, 2.05) is 48.7 Å². The van der Waals surface area contributed by atoms with Gasteiger partial charge in [-0.15, -0.1) is 0 Å². The molecule has 1 N–H and O–H groups in total. The molecule has 22 heavy (non-hydrogen) atoms. The smallest absolute Gasteiger partial charge is 0.227 e. The Balaban J connectivity index is 2.06. The summed E-state index contributed by atoms with van der Waals surface area (Å²) >= 11 is 0. The number of rotatable bonds is 8. The number of hydrogen-bond acceptors (Lipinski definition) is 3. The molecule has 2 aromatic rings. The molecule has 1 heterocycles. The molecule has 0 bridgehead atoms. The van der Waals surface area contributed by atoms with Crippen molar-refractivity contribution in [2.24, 2.45) is 0 Å². The Morgan fingerprint density at radius 1 is 1.23 bits per heavy atom. The number of nitrogens with zero attached hydrogens (tertiary/aromatic N) is 1. The van der Waals surface area contributed by atoms with E-state index in [9.17, 15) is 4.79 Å². The van der Waals surface area contributed by atoms with Gasteiger partial charge in [0.15, 0.2) is 0 Å². The average molecular weight is 298 g/mol. The van der Waals surface area contributed by atoms with Crippen LogP contribution < -0.4 is 5.32 Å². The normalized spacial score (nSPS) is 11.9. The maximum Gasteiger partial charge on any atom is 0.227 e. The van der Waals surface area contributed by atoms with E-state index in [-0.39, 0.29) is 11.8 Å². The lowest BCUT2D eigenvalue weighted by molar-refractivity contribution is -0.122. The van der Waals surface area contributed by atoms with Gasteiger partial charge in [-0.25, -0.2) is 0 Å². The Morgan fingerprint density at radius 3 is 2.73 bits per heavy atom. The van der Waals surface area contributed by atoms with Crippen LogP contribution in [-0.2, 0) is 16.0 Å². The minimum atomic E-state index is -0.201. The summed E-state index contributed by atoms with van der Waals surface area (Å²) in [4.78, 5) is 16.7. The first-order valence-corrected chi connectivity index (χ1v) is 7.51. The molecule has 0 radical (unpaired) electrons. The molecule has 0 aliphatic heterocycles.